The summed E-state index contributed by atoms with van der Waals surface area (Å²) in [4.78, 5) is 36.4. The number of nitrogens with zero attached hydrogens (tertiary/aromatic N) is 2. The molecule has 25 heavy (non-hydrogen) atoms. The van der Waals surface area contributed by atoms with Gasteiger partial charge in [0.25, 0.3) is 0 Å². The molecule has 1 aromatic carbocycles. The fourth-order valence-corrected chi connectivity index (χ4v) is 2.43. The lowest BCUT2D eigenvalue weighted by Gasteiger charge is -2.24. The quantitative estimate of drug-likeness (QED) is 0.843. The molecule has 0 aromatic heterocycles. The number of carbonyl (C=O) groups is 2. The topological polar surface area (TPSA) is 97.3 Å². The van der Waals surface area contributed by atoms with Crippen LogP contribution in [0.5, 0.6) is 0 Å². The molecule has 1 heterocycles. The molecule has 1 aliphatic heterocycles. The largest absolute Gasteiger partial charge is 0.445 e. The van der Waals surface area contributed by atoms with Crippen LogP contribution in [0.1, 0.15) is 26.3 Å². The van der Waals surface area contributed by atoms with Gasteiger partial charge in [-0.25, -0.2) is 9.59 Å². The minimum absolute atomic E-state index is 0.0993. The second-order valence-electron chi connectivity index (χ2n) is 6.87. The Bertz CT molecular complexity index is 614. The molecule has 0 bridgehead atoms. The summed E-state index contributed by atoms with van der Waals surface area (Å²) in [6, 6.07) is 7.89. The van der Waals surface area contributed by atoms with Crippen LogP contribution < -0.4 is 5.32 Å². The van der Waals surface area contributed by atoms with E-state index in [1.54, 1.807) is 20.8 Å². The summed E-state index contributed by atoms with van der Waals surface area (Å²) in [5.41, 5.74) is 0.214. The van der Waals surface area contributed by atoms with Crippen LogP contribution >= 0.6 is 0 Å². The fraction of sp³-hybridized carbons (Fsp3) is 0.529. The third-order valence-electron chi connectivity index (χ3n) is 3.59. The van der Waals surface area contributed by atoms with Crippen LogP contribution in [0, 0.1) is 4.91 Å². The first-order chi connectivity index (χ1) is 11.8. The lowest BCUT2D eigenvalue weighted by Crippen LogP contribution is -2.43. The van der Waals surface area contributed by atoms with Crippen molar-refractivity contribution in [2.45, 2.75) is 45.1 Å². The predicted octanol–water partition coefficient (Wildman–Crippen LogP) is 2.67. The minimum Gasteiger partial charge on any atom is -0.445 e. The molecule has 1 N–H and O–H groups in total. The zero-order valence-electron chi connectivity index (χ0n) is 14.6. The van der Waals surface area contributed by atoms with E-state index in [1.165, 1.54) is 4.90 Å². The molecular formula is C17H23N3O5. The van der Waals surface area contributed by atoms with Crippen LogP contribution in [0.3, 0.4) is 0 Å². The van der Waals surface area contributed by atoms with Gasteiger partial charge in [-0.15, -0.1) is 0 Å². The summed E-state index contributed by atoms with van der Waals surface area (Å²) in [6.07, 6.45) is -1.20. The van der Waals surface area contributed by atoms with E-state index in [4.69, 9.17) is 9.47 Å². The number of ether oxygens (including phenoxy) is 2. The average Bonchev–Trinajstić information content (AvgIpc) is 2.95. The molecule has 1 saturated heterocycles. The molecule has 0 spiro atoms. The first-order valence-electron chi connectivity index (χ1n) is 8.06. The number of hydrogen-bond donors (Lipinski definition) is 1. The van der Waals surface area contributed by atoms with Crippen molar-refractivity contribution in [3.05, 3.63) is 40.8 Å². The standard InChI is InChI=1S/C17H23N3O5/c1-17(2,3)25-16(22)20-9-13(14(10-20)19-23)18-15(21)24-11-12-7-5-4-6-8-12/h4-8,13-14H,9-11H2,1-3H3,(H,18,21). The fourth-order valence-electron chi connectivity index (χ4n) is 2.43. The molecule has 1 fully saturated rings. The third-order valence-corrected chi connectivity index (χ3v) is 3.59. The van der Waals surface area contributed by atoms with E-state index in [0.717, 1.165) is 5.56 Å². The zero-order chi connectivity index (χ0) is 18.4. The number of rotatable bonds is 4. The zero-order valence-corrected chi connectivity index (χ0v) is 14.6. The van der Waals surface area contributed by atoms with Crippen LogP contribution in [0.15, 0.2) is 35.5 Å². The second kappa shape index (κ2) is 7.96. The molecule has 2 amide bonds. The Balaban J connectivity index is 1.86. The number of nitroso groups, excluding NO2 is 1. The lowest BCUT2D eigenvalue weighted by atomic mass is 10.2. The van der Waals surface area contributed by atoms with Gasteiger partial charge < -0.3 is 19.7 Å². The molecule has 2 unspecified atom stereocenters. The molecule has 8 nitrogen and oxygen atoms in total. The summed E-state index contributed by atoms with van der Waals surface area (Å²) in [7, 11) is 0. The van der Waals surface area contributed by atoms with E-state index in [9.17, 15) is 14.5 Å². The summed E-state index contributed by atoms with van der Waals surface area (Å²) in [5.74, 6) is 0. The van der Waals surface area contributed by atoms with Crippen LogP contribution in [0.25, 0.3) is 0 Å². The molecule has 1 aliphatic rings. The Hall–Kier alpha value is -2.64. The van der Waals surface area contributed by atoms with Crippen molar-refractivity contribution in [1.29, 1.82) is 0 Å². The predicted molar refractivity (Wildman–Crippen MR) is 90.9 cm³/mol. The molecule has 0 radical (unpaired) electrons. The molecule has 1 aromatic rings. The Labute approximate surface area is 146 Å². The molecule has 0 aliphatic carbocycles. The van der Waals surface area contributed by atoms with Crippen LogP contribution in [0.4, 0.5) is 9.59 Å². The molecule has 2 atom stereocenters. The van der Waals surface area contributed by atoms with Gasteiger partial charge in [0.15, 0.2) is 0 Å². The van der Waals surface area contributed by atoms with Gasteiger partial charge in [-0.1, -0.05) is 35.5 Å². The first-order valence-corrected chi connectivity index (χ1v) is 8.06. The van der Waals surface area contributed by atoms with Crippen molar-refractivity contribution >= 4 is 12.2 Å². The van der Waals surface area contributed by atoms with Gasteiger partial charge in [0.05, 0.1) is 12.6 Å². The van der Waals surface area contributed by atoms with E-state index >= 15 is 0 Å². The van der Waals surface area contributed by atoms with Gasteiger partial charge in [0, 0.05) is 6.54 Å². The van der Waals surface area contributed by atoms with E-state index in [1.807, 2.05) is 30.3 Å². The van der Waals surface area contributed by atoms with Gasteiger partial charge in [0.2, 0.25) is 0 Å². The number of amides is 2. The highest BCUT2D eigenvalue weighted by molar-refractivity contribution is 5.70. The van der Waals surface area contributed by atoms with E-state index in [2.05, 4.69) is 10.5 Å². The Morgan fingerprint density at radius 3 is 2.52 bits per heavy atom. The maximum absolute atomic E-state index is 12.1. The summed E-state index contributed by atoms with van der Waals surface area (Å²) in [5, 5.41) is 5.59. The second-order valence-corrected chi connectivity index (χ2v) is 6.87. The van der Waals surface area contributed by atoms with Gasteiger partial charge >= 0.3 is 12.2 Å². The monoisotopic (exact) mass is 349 g/mol. The molecule has 0 saturated carbocycles. The number of carbonyl (C=O) groups excluding carboxylic acids is 2. The first kappa shape index (κ1) is 18.7. The van der Waals surface area contributed by atoms with E-state index in [-0.39, 0.29) is 19.7 Å². The highest BCUT2D eigenvalue weighted by Crippen LogP contribution is 2.18. The number of benzene rings is 1. The van der Waals surface area contributed by atoms with Crippen LogP contribution in [-0.2, 0) is 16.1 Å². The van der Waals surface area contributed by atoms with Crippen molar-refractivity contribution in [2.75, 3.05) is 13.1 Å². The molecule has 2 rings (SSSR count). The summed E-state index contributed by atoms with van der Waals surface area (Å²) >= 11 is 0. The SMILES string of the molecule is CC(C)(C)OC(=O)N1CC(N=O)C(NC(=O)OCc2ccccc2)C1. The van der Waals surface area contributed by atoms with Gasteiger partial charge in [-0.3, -0.25) is 0 Å². The van der Waals surface area contributed by atoms with Gasteiger partial charge in [-0.05, 0) is 26.3 Å². The van der Waals surface area contributed by atoms with Crippen molar-refractivity contribution in [1.82, 2.24) is 10.2 Å². The van der Waals surface area contributed by atoms with E-state index < -0.39 is 29.9 Å². The Morgan fingerprint density at radius 2 is 1.92 bits per heavy atom. The van der Waals surface area contributed by atoms with Crippen molar-refractivity contribution in [3.63, 3.8) is 0 Å². The average molecular weight is 349 g/mol. The molecular weight excluding hydrogens is 326 g/mol. The highest BCUT2D eigenvalue weighted by atomic mass is 16.6. The van der Waals surface area contributed by atoms with Crippen molar-refractivity contribution in [2.24, 2.45) is 5.18 Å². The number of alkyl carbamates (subject to hydrolysis) is 1. The Kier molecular flexibility index (Phi) is 5.95. The summed E-state index contributed by atoms with van der Waals surface area (Å²) < 4.78 is 10.4. The lowest BCUT2D eigenvalue weighted by molar-refractivity contribution is 0.0288. The normalized spacial score (nSPS) is 20.0. The van der Waals surface area contributed by atoms with Gasteiger partial charge in [0.1, 0.15) is 18.2 Å². The number of hydrogen-bond acceptors (Lipinski definition) is 6. The van der Waals surface area contributed by atoms with Crippen molar-refractivity contribution < 1.29 is 19.1 Å². The number of likely N-dealkylation sites (tertiary alicyclic amines) is 1. The third kappa shape index (κ3) is 5.74. The summed E-state index contributed by atoms with van der Waals surface area (Å²) in [6.45, 7) is 5.63. The Morgan fingerprint density at radius 1 is 1.24 bits per heavy atom. The maximum atomic E-state index is 12.1. The van der Waals surface area contributed by atoms with Gasteiger partial charge in [-0.2, -0.15) is 4.91 Å². The maximum Gasteiger partial charge on any atom is 0.410 e. The van der Waals surface area contributed by atoms with Crippen molar-refractivity contribution in [3.8, 4) is 0 Å². The highest BCUT2D eigenvalue weighted by Gasteiger charge is 2.39. The smallest absolute Gasteiger partial charge is 0.410 e. The van der Waals surface area contributed by atoms with Crippen LogP contribution in [0.2, 0.25) is 0 Å². The van der Waals surface area contributed by atoms with Crippen LogP contribution in [-0.4, -0.2) is 47.9 Å². The molecule has 136 valence electrons. The van der Waals surface area contributed by atoms with E-state index in [0.29, 0.717) is 0 Å². The number of nitrogens with one attached hydrogen (secondary N) is 1. The minimum atomic E-state index is -0.739. The molecule has 8 heteroatoms.